The van der Waals surface area contributed by atoms with Gasteiger partial charge in [-0.3, -0.25) is 19.4 Å². The zero-order valence-electron chi connectivity index (χ0n) is 22.2. The fraction of sp³-hybridized carbons (Fsp3) is 0.586. The maximum Gasteiger partial charge on any atom is 0.236 e. The summed E-state index contributed by atoms with van der Waals surface area (Å²) in [4.78, 5) is 32.6. The Kier molecular flexibility index (Phi) is 8.12. The standard InChI is InChI=1S/C29H42N4O2/c1-21-15-22(2)18-32(17-21)29(35)20-31-13-11-30(12-14-31)19-28(34)27-16-23(3)33(25(27)5)24(4)26-9-7-6-8-10-26/h6-10,16,21-22,24H,11-15,17-20H2,1-5H3. The summed E-state index contributed by atoms with van der Waals surface area (Å²) in [5.41, 5.74) is 4.23. The molecular formula is C29H42N4O2. The number of carbonyl (C=O) groups excluding carboxylic acids is 2. The van der Waals surface area contributed by atoms with Gasteiger partial charge in [0.1, 0.15) is 0 Å². The Morgan fingerprint density at radius 3 is 2.09 bits per heavy atom. The average molecular weight is 479 g/mol. The second kappa shape index (κ2) is 11.1. The molecule has 0 spiro atoms. The molecule has 3 heterocycles. The van der Waals surface area contributed by atoms with Crippen molar-refractivity contribution in [3.8, 4) is 0 Å². The lowest BCUT2D eigenvalue weighted by atomic mass is 9.92. The Bertz CT molecular complexity index is 1010. The largest absolute Gasteiger partial charge is 0.341 e. The first-order valence-corrected chi connectivity index (χ1v) is 13.2. The number of carbonyl (C=O) groups is 2. The van der Waals surface area contributed by atoms with Gasteiger partial charge in [0.25, 0.3) is 0 Å². The van der Waals surface area contributed by atoms with Crippen molar-refractivity contribution in [2.24, 2.45) is 11.8 Å². The van der Waals surface area contributed by atoms with E-state index in [-0.39, 0.29) is 17.7 Å². The smallest absolute Gasteiger partial charge is 0.236 e. The van der Waals surface area contributed by atoms with Gasteiger partial charge in [-0.1, -0.05) is 44.2 Å². The monoisotopic (exact) mass is 478 g/mol. The van der Waals surface area contributed by atoms with Crippen molar-refractivity contribution in [2.75, 3.05) is 52.4 Å². The lowest BCUT2D eigenvalue weighted by Crippen LogP contribution is -2.52. The molecule has 1 aromatic heterocycles. The van der Waals surface area contributed by atoms with Crippen molar-refractivity contribution < 1.29 is 9.59 Å². The summed E-state index contributed by atoms with van der Waals surface area (Å²) >= 11 is 0. The molecule has 0 N–H and O–H groups in total. The van der Waals surface area contributed by atoms with E-state index in [1.54, 1.807) is 0 Å². The fourth-order valence-electron chi connectivity index (χ4n) is 6.09. The second-order valence-electron chi connectivity index (χ2n) is 11.0. The van der Waals surface area contributed by atoms with Crippen LogP contribution in [0, 0.1) is 25.7 Å². The number of benzene rings is 1. The summed E-state index contributed by atoms with van der Waals surface area (Å²) in [6, 6.07) is 12.7. The molecule has 2 aliphatic heterocycles. The maximum atomic E-state index is 13.3. The molecule has 0 saturated carbocycles. The first-order chi connectivity index (χ1) is 16.7. The molecule has 0 aliphatic carbocycles. The van der Waals surface area contributed by atoms with Crippen LogP contribution in [0.25, 0.3) is 0 Å². The normalized spacial score (nSPS) is 22.8. The minimum atomic E-state index is 0.185. The summed E-state index contributed by atoms with van der Waals surface area (Å²) in [6.45, 7) is 16.9. The first kappa shape index (κ1) is 25.6. The van der Waals surface area contributed by atoms with E-state index in [2.05, 4.69) is 78.2 Å². The third kappa shape index (κ3) is 6.04. The second-order valence-corrected chi connectivity index (χ2v) is 11.0. The zero-order chi connectivity index (χ0) is 25.1. The van der Waals surface area contributed by atoms with Crippen LogP contribution >= 0.6 is 0 Å². The highest BCUT2D eigenvalue weighted by Crippen LogP contribution is 2.26. The number of piperidine rings is 1. The third-order valence-electron chi connectivity index (χ3n) is 7.87. The van der Waals surface area contributed by atoms with Crippen molar-refractivity contribution in [2.45, 2.75) is 47.1 Å². The van der Waals surface area contributed by atoms with E-state index in [4.69, 9.17) is 0 Å². The van der Waals surface area contributed by atoms with E-state index in [0.717, 1.165) is 56.2 Å². The number of hydrogen-bond donors (Lipinski definition) is 0. The molecule has 2 aromatic rings. The molecule has 1 aromatic carbocycles. The summed E-state index contributed by atoms with van der Waals surface area (Å²) in [7, 11) is 0. The Morgan fingerprint density at radius 2 is 1.49 bits per heavy atom. The fourth-order valence-corrected chi connectivity index (χ4v) is 6.09. The van der Waals surface area contributed by atoms with Gasteiger partial charge < -0.3 is 9.47 Å². The molecule has 0 bridgehead atoms. The Balaban J connectivity index is 1.30. The minimum Gasteiger partial charge on any atom is -0.341 e. The molecule has 1 amide bonds. The number of rotatable bonds is 7. The van der Waals surface area contributed by atoms with Gasteiger partial charge in [-0.15, -0.1) is 0 Å². The molecule has 0 radical (unpaired) electrons. The van der Waals surface area contributed by atoms with Crippen LogP contribution in [0.5, 0.6) is 0 Å². The van der Waals surface area contributed by atoms with Crippen LogP contribution in [0.3, 0.4) is 0 Å². The van der Waals surface area contributed by atoms with Gasteiger partial charge >= 0.3 is 0 Å². The maximum absolute atomic E-state index is 13.3. The number of aromatic nitrogens is 1. The van der Waals surface area contributed by atoms with Gasteiger partial charge in [-0.2, -0.15) is 0 Å². The van der Waals surface area contributed by atoms with E-state index in [9.17, 15) is 9.59 Å². The van der Waals surface area contributed by atoms with Crippen LogP contribution in [-0.4, -0.2) is 83.3 Å². The zero-order valence-corrected chi connectivity index (χ0v) is 22.2. The summed E-state index contributed by atoms with van der Waals surface area (Å²) in [6.07, 6.45) is 1.21. The molecule has 3 atom stereocenters. The number of aryl methyl sites for hydroxylation is 1. The van der Waals surface area contributed by atoms with Crippen LogP contribution in [0.1, 0.15) is 60.5 Å². The van der Waals surface area contributed by atoms with Crippen LogP contribution in [-0.2, 0) is 4.79 Å². The molecule has 2 saturated heterocycles. The lowest BCUT2D eigenvalue weighted by molar-refractivity contribution is -0.135. The van der Waals surface area contributed by atoms with Gasteiger partial charge in [-0.05, 0) is 50.7 Å². The molecule has 35 heavy (non-hydrogen) atoms. The van der Waals surface area contributed by atoms with Crippen molar-refractivity contribution in [1.82, 2.24) is 19.3 Å². The number of piperazine rings is 1. The third-order valence-corrected chi connectivity index (χ3v) is 7.87. The molecule has 6 heteroatoms. The lowest BCUT2D eigenvalue weighted by Gasteiger charge is -2.38. The molecular weight excluding hydrogens is 436 g/mol. The number of hydrogen-bond acceptors (Lipinski definition) is 4. The van der Waals surface area contributed by atoms with Crippen LogP contribution in [0.4, 0.5) is 0 Å². The number of nitrogens with zero attached hydrogens (tertiary/aromatic N) is 4. The summed E-state index contributed by atoms with van der Waals surface area (Å²) in [5.74, 6) is 1.62. The van der Waals surface area contributed by atoms with Gasteiger partial charge in [0.05, 0.1) is 19.1 Å². The van der Waals surface area contributed by atoms with Crippen LogP contribution in [0.15, 0.2) is 36.4 Å². The quantitative estimate of drug-likeness (QED) is 0.564. The molecule has 6 nitrogen and oxygen atoms in total. The van der Waals surface area contributed by atoms with Gasteiger partial charge in [0.2, 0.25) is 5.91 Å². The average Bonchev–Trinajstić information content (AvgIpc) is 3.13. The predicted molar refractivity (Wildman–Crippen MR) is 141 cm³/mol. The van der Waals surface area contributed by atoms with Crippen molar-refractivity contribution in [3.05, 3.63) is 58.9 Å². The van der Waals surface area contributed by atoms with E-state index in [1.807, 2.05) is 12.1 Å². The highest BCUT2D eigenvalue weighted by atomic mass is 16.2. The number of Topliss-reactive ketones (excluding diaryl/α,β-unsaturated/α-hetero) is 1. The van der Waals surface area contributed by atoms with Gasteiger partial charge in [0, 0.05) is 56.2 Å². The van der Waals surface area contributed by atoms with E-state index in [1.165, 1.54) is 12.0 Å². The number of likely N-dealkylation sites (tertiary alicyclic amines) is 1. The first-order valence-electron chi connectivity index (χ1n) is 13.2. The Hall–Kier alpha value is -2.44. The molecule has 4 rings (SSSR count). The van der Waals surface area contributed by atoms with Gasteiger partial charge in [0.15, 0.2) is 5.78 Å². The summed E-state index contributed by atoms with van der Waals surface area (Å²) in [5, 5.41) is 0. The number of amides is 1. The highest BCUT2D eigenvalue weighted by molar-refractivity contribution is 5.99. The van der Waals surface area contributed by atoms with Crippen molar-refractivity contribution in [3.63, 3.8) is 0 Å². The molecule has 2 aliphatic rings. The van der Waals surface area contributed by atoms with Crippen molar-refractivity contribution in [1.29, 1.82) is 0 Å². The molecule has 2 fully saturated rings. The Morgan fingerprint density at radius 1 is 0.914 bits per heavy atom. The van der Waals surface area contributed by atoms with E-state index >= 15 is 0 Å². The van der Waals surface area contributed by atoms with Crippen molar-refractivity contribution >= 4 is 11.7 Å². The van der Waals surface area contributed by atoms with E-state index in [0.29, 0.717) is 24.9 Å². The summed E-state index contributed by atoms with van der Waals surface area (Å²) < 4.78 is 2.27. The van der Waals surface area contributed by atoms with Crippen LogP contribution in [0.2, 0.25) is 0 Å². The topological polar surface area (TPSA) is 48.8 Å². The van der Waals surface area contributed by atoms with E-state index < -0.39 is 0 Å². The Labute approximate surface area is 210 Å². The minimum absolute atomic E-state index is 0.185. The number of ketones is 1. The molecule has 190 valence electrons. The molecule has 3 unspecified atom stereocenters. The predicted octanol–water partition coefficient (Wildman–Crippen LogP) is 4.02. The SMILES string of the molecule is Cc1cc(C(=O)CN2CCN(CC(=O)N3CC(C)CC(C)C3)CC2)c(C)n1C(C)c1ccccc1. The van der Waals surface area contributed by atoms with Gasteiger partial charge in [-0.25, -0.2) is 0 Å². The van der Waals surface area contributed by atoms with Crippen LogP contribution < -0.4 is 0 Å². The highest BCUT2D eigenvalue weighted by Gasteiger charge is 2.28.